The fourth-order valence-corrected chi connectivity index (χ4v) is 3.18. The number of benzene rings is 1. The van der Waals surface area contributed by atoms with Crippen molar-refractivity contribution in [3.8, 4) is 5.69 Å². The molecule has 0 saturated heterocycles. The molecule has 3 rings (SSSR count). The van der Waals surface area contributed by atoms with Crippen LogP contribution in [0.3, 0.4) is 0 Å². The zero-order chi connectivity index (χ0) is 18.0. The molecule has 0 spiro atoms. The molecule has 0 radical (unpaired) electrons. The third-order valence-corrected chi connectivity index (χ3v) is 4.49. The highest BCUT2D eigenvalue weighted by atomic mass is 35.5. The lowest BCUT2D eigenvalue weighted by molar-refractivity contribution is -0.142. The van der Waals surface area contributed by atoms with Gasteiger partial charge in [0.15, 0.2) is 0 Å². The quantitative estimate of drug-likeness (QED) is 0.837. The fraction of sp³-hybridized carbons (Fsp3) is 0.412. The Hall–Kier alpha value is -2.06. The summed E-state index contributed by atoms with van der Waals surface area (Å²) in [5.41, 5.74) is 5.91. The Morgan fingerprint density at radius 1 is 1.23 bits per heavy atom. The van der Waals surface area contributed by atoms with Crippen LogP contribution in [0.5, 0.6) is 0 Å². The first kappa shape index (κ1) is 20.3. The lowest BCUT2D eigenvalue weighted by atomic mass is 10.00. The molecule has 2 atom stereocenters. The smallest absolute Gasteiger partial charge is 0.327 e. The molecule has 9 heteroatoms. The van der Waals surface area contributed by atoms with E-state index < -0.39 is 11.9 Å². The van der Waals surface area contributed by atoms with Gasteiger partial charge in [-0.1, -0.05) is 6.42 Å². The van der Waals surface area contributed by atoms with Crippen molar-refractivity contribution in [2.75, 3.05) is 5.32 Å². The molecule has 1 aliphatic carbocycles. The summed E-state index contributed by atoms with van der Waals surface area (Å²) in [6.07, 6.45) is -0.0859. The predicted octanol–water partition coefficient (Wildman–Crippen LogP) is 3.77. The van der Waals surface area contributed by atoms with Crippen LogP contribution in [0.2, 0.25) is 0 Å². The van der Waals surface area contributed by atoms with Crippen molar-refractivity contribution >= 4 is 24.0 Å². The molecule has 5 nitrogen and oxygen atoms in total. The highest BCUT2D eigenvalue weighted by Crippen LogP contribution is 2.31. The number of rotatable bonds is 4. The van der Waals surface area contributed by atoms with Gasteiger partial charge in [0, 0.05) is 18.2 Å². The van der Waals surface area contributed by atoms with E-state index in [0.29, 0.717) is 12.1 Å². The van der Waals surface area contributed by atoms with Gasteiger partial charge in [-0.25, -0.2) is 4.68 Å². The van der Waals surface area contributed by atoms with E-state index in [1.54, 1.807) is 12.1 Å². The molecule has 3 N–H and O–H groups in total. The van der Waals surface area contributed by atoms with Crippen molar-refractivity contribution in [1.29, 1.82) is 0 Å². The zero-order valence-corrected chi connectivity index (χ0v) is 14.7. The third-order valence-electron chi connectivity index (χ3n) is 4.49. The Morgan fingerprint density at radius 3 is 2.50 bits per heavy atom. The molecule has 0 bridgehead atoms. The number of hydrogen-bond acceptors (Lipinski definition) is 3. The van der Waals surface area contributed by atoms with E-state index >= 15 is 0 Å². The number of nitrogens with zero attached hydrogens (tertiary/aromatic N) is 2. The average molecular weight is 389 g/mol. The minimum atomic E-state index is -4.48. The SMILES string of the molecule is Cl.N[C@@H]1CCC[C@H]1CC(=O)Nc1ccc(-n2nccc2C(F)(F)F)cc1. The second kappa shape index (κ2) is 8.09. The lowest BCUT2D eigenvalue weighted by Crippen LogP contribution is -2.28. The molecular formula is C17H20ClF3N4O. The number of carbonyl (C=O) groups excluding carboxylic acids is 1. The summed E-state index contributed by atoms with van der Waals surface area (Å²) in [5.74, 6) is 0.0582. The van der Waals surface area contributed by atoms with Gasteiger partial charge in [0.05, 0.1) is 11.9 Å². The van der Waals surface area contributed by atoms with Crippen LogP contribution in [0, 0.1) is 5.92 Å². The molecule has 1 heterocycles. The van der Waals surface area contributed by atoms with Gasteiger partial charge in [-0.2, -0.15) is 18.3 Å². The van der Waals surface area contributed by atoms with E-state index in [1.165, 1.54) is 12.1 Å². The van der Waals surface area contributed by atoms with Crippen LogP contribution in [0.1, 0.15) is 31.4 Å². The zero-order valence-electron chi connectivity index (χ0n) is 13.9. The Bertz CT molecular complexity index is 745. The first-order chi connectivity index (χ1) is 11.8. The van der Waals surface area contributed by atoms with E-state index in [2.05, 4.69) is 10.4 Å². The maximum atomic E-state index is 12.9. The van der Waals surface area contributed by atoms with Gasteiger partial charge < -0.3 is 11.1 Å². The van der Waals surface area contributed by atoms with E-state index in [1.807, 2.05) is 0 Å². The molecule has 1 aromatic carbocycles. The average Bonchev–Trinajstić information content (AvgIpc) is 3.17. The van der Waals surface area contributed by atoms with Crippen molar-refractivity contribution in [2.45, 2.75) is 37.9 Å². The minimum Gasteiger partial charge on any atom is -0.327 e. The summed E-state index contributed by atoms with van der Waals surface area (Å²) in [5, 5.41) is 6.48. The van der Waals surface area contributed by atoms with E-state index in [0.717, 1.165) is 36.2 Å². The number of hydrogen-bond donors (Lipinski definition) is 2. The largest absolute Gasteiger partial charge is 0.433 e. The Labute approximate surface area is 155 Å². The van der Waals surface area contributed by atoms with Crippen LogP contribution in [-0.2, 0) is 11.0 Å². The van der Waals surface area contributed by atoms with Crippen LogP contribution < -0.4 is 11.1 Å². The second-order valence-corrected chi connectivity index (χ2v) is 6.28. The number of amides is 1. The van der Waals surface area contributed by atoms with Crippen molar-refractivity contribution in [1.82, 2.24) is 9.78 Å². The van der Waals surface area contributed by atoms with Crippen LogP contribution in [0.25, 0.3) is 5.69 Å². The highest BCUT2D eigenvalue weighted by molar-refractivity contribution is 5.91. The lowest BCUT2D eigenvalue weighted by Gasteiger charge is -2.15. The van der Waals surface area contributed by atoms with Gasteiger partial charge in [0.25, 0.3) is 0 Å². The molecule has 1 aliphatic rings. The Balaban J connectivity index is 0.00000243. The summed E-state index contributed by atoms with van der Waals surface area (Å²) in [4.78, 5) is 12.1. The number of nitrogens with two attached hydrogens (primary N) is 1. The Kier molecular flexibility index (Phi) is 6.30. The molecule has 0 unspecified atom stereocenters. The number of halogens is 4. The molecule has 1 saturated carbocycles. The molecule has 1 amide bonds. The van der Waals surface area contributed by atoms with Gasteiger partial charge in [-0.15, -0.1) is 12.4 Å². The summed E-state index contributed by atoms with van der Waals surface area (Å²) in [6.45, 7) is 0. The minimum absolute atomic E-state index is 0. The van der Waals surface area contributed by atoms with Crippen molar-refractivity contribution in [3.05, 3.63) is 42.2 Å². The molecule has 2 aromatic rings. The molecular weight excluding hydrogens is 369 g/mol. The molecule has 1 fully saturated rings. The summed E-state index contributed by atoms with van der Waals surface area (Å²) in [7, 11) is 0. The number of aromatic nitrogens is 2. The monoisotopic (exact) mass is 388 g/mol. The maximum absolute atomic E-state index is 12.9. The van der Waals surface area contributed by atoms with E-state index in [-0.39, 0.29) is 36.0 Å². The van der Waals surface area contributed by atoms with Gasteiger partial charge in [-0.3, -0.25) is 4.79 Å². The predicted molar refractivity (Wildman–Crippen MR) is 94.4 cm³/mol. The maximum Gasteiger partial charge on any atom is 0.433 e. The van der Waals surface area contributed by atoms with E-state index in [9.17, 15) is 18.0 Å². The number of nitrogens with one attached hydrogen (secondary N) is 1. The summed E-state index contributed by atoms with van der Waals surface area (Å²) < 4.78 is 39.6. The third kappa shape index (κ3) is 4.56. The van der Waals surface area contributed by atoms with Gasteiger partial charge in [0.2, 0.25) is 5.91 Å². The topological polar surface area (TPSA) is 72.9 Å². The van der Waals surface area contributed by atoms with Crippen molar-refractivity contribution in [2.24, 2.45) is 11.7 Å². The standard InChI is InChI=1S/C17H19F3N4O.ClH/c18-17(19,20)15-8-9-22-24(15)13-6-4-12(5-7-13)23-16(25)10-11-2-1-3-14(11)21;/h4-9,11,14H,1-3,10,21H2,(H,23,25);1H/t11-,14+;/m0./s1. The molecule has 1 aromatic heterocycles. The number of carbonyl (C=O) groups is 1. The van der Waals surface area contributed by atoms with Crippen LogP contribution >= 0.6 is 12.4 Å². The van der Waals surface area contributed by atoms with Crippen LogP contribution in [0.15, 0.2) is 36.5 Å². The fourth-order valence-electron chi connectivity index (χ4n) is 3.18. The first-order valence-electron chi connectivity index (χ1n) is 8.11. The Morgan fingerprint density at radius 2 is 1.92 bits per heavy atom. The highest BCUT2D eigenvalue weighted by Gasteiger charge is 2.35. The summed E-state index contributed by atoms with van der Waals surface area (Å²) in [6, 6.07) is 7.07. The van der Waals surface area contributed by atoms with Crippen LogP contribution in [0.4, 0.5) is 18.9 Å². The summed E-state index contributed by atoms with van der Waals surface area (Å²) >= 11 is 0. The van der Waals surface area contributed by atoms with Gasteiger partial charge in [0.1, 0.15) is 5.69 Å². The van der Waals surface area contributed by atoms with Crippen LogP contribution in [-0.4, -0.2) is 21.7 Å². The van der Waals surface area contributed by atoms with E-state index in [4.69, 9.17) is 5.73 Å². The molecule has 142 valence electrons. The van der Waals surface area contributed by atoms with Crippen molar-refractivity contribution < 1.29 is 18.0 Å². The number of anilines is 1. The molecule has 0 aliphatic heterocycles. The normalized spacial score (nSPS) is 19.8. The molecule has 26 heavy (non-hydrogen) atoms. The van der Waals surface area contributed by atoms with Crippen molar-refractivity contribution in [3.63, 3.8) is 0 Å². The van der Waals surface area contributed by atoms with Gasteiger partial charge >= 0.3 is 6.18 Å². The van der Waals surface area contributed by atoms with Gasteiger partial charge in [-0.05, 0) is 49.1 Å². The first-order valence-corrected chi connectivity index (χ1v) is 8.11. The number of alkyl halides is 3. The second-order valence-electron chi connectivity index (χ2n) is 6.28.